The van der Waals surface area contributed by atoms with Crippen LogP contribution in [0.25, 0.3) is 16.3 Å². The summed E-state index contributed by atoms with van der Waals surface area (Å²) in [6, 6.07) is 20.2. The number of sulfone groups is 1. The molecule has 3 N–H and O–H groups in total. The summed E-state index contributed by atoms with van der Waals surface area (Å²) in [4.78, 5) is 18.6. The molecule has 3 aromatic heterocycles. The van der Waals surface area contributed by atoms with Crippen LogP contribution in [0.15, 0.2) is 76.3 Å². The predicted molar refractivity (Wildman–Crippen MR) is 192 cm³/mol. The minimum Gasteiger partial charge on any atom is -0.317 e. The van der Waals surface area contributed by atoms with Crippen LogP contribution in [0.3, 0.4) is 0 Å². The van der Waals surface area contributed by atoms with Crippen LogP contribution < -0.4 is 16.0 Å². The van der Waals surface area contributed by atoms with Crippen LogP contribution in [0.5, 0.6) is 0 Å². The number of benzene rings is 2. The lowest BCUT2D eigenvalue weighted by Gasteiger charge is -2.30. The van der Waals surface area contributed by atoms with Crippen LogP contribution in [-0.4, -0.2) is 42.3 Å². The van der Waals surface area contributed by atoms with Crippen molar-refractivity contribution in [2.24, 2.45) is 5.92 Å². The molecule has 0 aliphatic carbocycles. The first kappa shape index (κ1) is 33.1. The van der Waals surface area contributed by atoms with Gasteiger partial charge in [0.2, 0.25) is 0 Å². The summed E-state index contributed by atoms with van der Waals surface area (Å²) in [5.41, 5.74) is 4.69. The Morgan fingerprint density at radius 2 is 1.68 bits per heavy atom. The molecule has 1 aliphatic rings. The molecule has 5 aromatic rings. The highest BCUT2D eigenvalue weighted by molar-refractivity contribution is 7.93. The minimum atomic E-state index is -3.70. The SMILES string of the molecule is Cc1ccc(-n2nc(C(C)(C)C)cc2NC(=O)Nc2ccc(C(C3CCNCC3)S(=O)(=O)c3ccc(-c4csc(C)n4)s3)cc2)cc1. The molecule has 1 saturated heterocycles. The lowest BCUT2D eigenvalue weighted by atomic mass is 9.90. The highest BCUT2D eigenvalue weighted by Crippen LogP contribution is 2.43. The fourth-order valence-electron chi connectivity index (χ4n) is 5.82. The molecule has 9 nitrogen and oxygen atoms in total. The summed E-state index contributed by atoms with van der Waals surface area (Å²) >= 11 is 2.83. The summed E-state index contributed by atoms with van der Waals surface area (Å²) in [5, 5.41) is 16.2. The number of carbonyl (C=O) groups is 1. The molecule has 2 aromatic carbocycles. The summed E-state index contributed by atoms with van der Waals surface area (Å²) in [5.74, 6) is 0.516. The van der Waals surface area contributed by atoms with Gasteiger partial charge in [0.1, 0.15) is 10.0 Å². The first-order valence-corrected chi connectivity index (χ1v) is 19.0. The Bertz CT molecular complexity index is 1960. The summed E-state index contributed by atoms with van der Waals surface area (Å²) in [6.45, 7) is 11.8. The van der Waals surface area contributed by atoms with Crippen LogP contribution in [0.2, 0.25) is 0 Å². The van der Waals surface area contributed by atoms with Crippen molar-refractivity contribution in [3.63, 3.8) is 0 Å². The van der Waals surface area contributed by atoms with E-state index in [4.69, 9.17) is 5.10 Å². The van der Waals surface area contributed by atoms with Gasteiger partial charge in [-0.25, -0.2) is 22.9 Å². The molecule has 1 aliphatic heterocycles. The number of anilines is 2. The number of nitrogens with one attached hydrogen (secondary N) is 3. The molecule has 0 radical (unpaired) electrons. The molecule has 12 heteroatoms. The number of aromatic nitrogens is 3. The molecule has 6 rings (SSSR count). The monoisotopic (exact) mass is 688 g/mol. The third-order valence-electron chi connectivity index (χ3n) is 8.37. The average Bonchev–Trinajstić information content (AvgIpc) is 3.79. The Kier molecular flexibility index (Phi) is 9.39. The van der Waals surface area contributed by atoms with Crippen molar-refractivity contribution in [2.75, 3.05) is 23.7 Å². The first-order chi connectivity index (χ1) is 22.4. The van der Waals surface area contributed by atoms with Gasteiger partial charge in [-0.2, -0.15) is 5.10 Å². The fraction of sp³-hybridized carbons (Fsp3) is 0.343. The maximum atomic E-state index is 14.3. The van der Waals surface area contributed by atoms with E-state index in [1.807, 2.05) is 67.8 Å². The third kappa shape index (κ3) is 7.35. The van der Waals surface area contributed by atoms with E-state index >= 15 is 0 Å². The lowest BCUT2D eigenvalue weighted by molar-refractivity contribution is 0.262. The molecular formula is C35H40N6O3S3. The van der Waals surface area contributed by atoms with Gasteiger partial charge in [-0.3, -0.25) is 5.32 Å². The molecule has 246 valence electrons. The number of hydrogen-bond donors (Lipinski definition) is 3. The predicted octanol–water partition coefficient (Wildman–Crippen LogP) is 8.13. The zero-order chi connectivity index (χ0) is 33.3. The van der Waals surface area contributed by atoms with E-state index in [1.165, 1.54) is 11.3 Å². The number of aryl methyl sites for hydroxylation is 2. The molecule has 47 heavy (non-hydrogen) atoms. The smallest absolute Gasteiger partial charge is 0.317 e. The van der Waals surface area contributed by atoms with E-state index in [9.17, 15) is 13.2 Å². The van der Waals surface area contributed by atoms with Gasteiger partial charge in [0.25, 0.3) is 0 Å². The zero-order valence-corrected chi connectivity index (χ0v) is 29.7. The van der Waals surface area contributed by atoms with Crippen molar-refractivity contribution in [1.82, 2.24) is 20.1 Å². The second kappa shape index (κ2) is 13.3. The number of hydrogen-bond acceptors (Lipinski definition) is 8. The third-order valence-corrected chi connectivity index (χ3v) is 13.0. The average molecular weight is 689 g/mol. The van der Waals surface area contributed by atoms with E-state index in [0.717, 1.165) is 64.0 Å². The Labute approximate surface area is 284 Å². The highest BCUT2D eigenvalue weighted by atomic mass is 32.2. The fourth-order valence-corrected chi connectivity index (χ4v) is 10.1. The van der Waals surface area contributed by atoms with Gasteiger partial charge < -0.3 is 10.6 Å². The van der Waals surface area contributed by atoms with Crippen molar-refractivity contribution in [2.45, 2.75) is 62.3 Å². The quantitative estimate of drug-likeness (QED) is 0.152. The normalized spacial score (nSPS) is 15.0. The molecule has 0 saturated carbocycles. The molecule has 1 unspecified atom stereocenters. The van der Waals surface area contributed by atoms with Gasteiger partial charge in [-0.15, -0.1) is 22.7 Å². The zero-order valence-electron chi connectivity index (χ0n) is 27.2. The summed E-state index contributed by atoms with van der Waals surface area (Å²) in [6.07, 6.45) is 1.53. The maximum Gasteiger partial charge on any atom is 0.324 e. The van der Waals surface area contributed by atoms with Crippen molar-refractivity contribution in [3.05, 3.63) is 93.9 Å². The van der Waals surface area contributed by atoms with Crippen molar-refractivity contribution in [3.8, 4) is 16.3 Å². The summed E-state index contributed by atoms with van der Waals surface area (Å²) in [7, 11) is -3.70. The van der Waals surface area contributed by atoms with Crippen molar-refractivity contribution < 1.29 is 13.2 Å². The van der Waals surface area contributed by atoms with Crippen molar-refractivity contribution >= 4 is 50.0 Å². The standard InChI is InChI=1S/C35H40N6O3S3/c1-22-6-12-27(13-7-22)41-31(20-30(40-41)35(3,4)5)39-34(42)38-26-10-8-24(9-11-26)33(25-16-18-36-19-17-25)47(43,44)32-15-14-29(46-32)28-21-45-23(2)37-28/h6-15,20-21,25,33,36H,16-19H2,1-5H3,(H2,38,39,42). The van der Waals surface area contributed by atoms with Crippen LogP contribution in [0.1, 0.15) is 60.7 Å². The van der Waals surface area contributed by atoms with E-state index in [0.29, 0.717) is 15.7 Å². The number of thiophene rings is 1. The molecule has 4 heterocycles. The van der Waals surface area contributed by atoms with Crippen LogP contribution >= 0.6 is 22.7 Å². The van der Waals surface area contributed by atoms with Gasteiger partial charge in [0.05, 0.1) is 32.2 Å². The Balaban J connectivity index is 1.23. The minimum absolute atomic E-state index is 0.0329. The lowest BCUT2D eigenvalue weighted by Crippen LogP contribution is -2.33. The highest BCUT2D eigenvalue weighted by Gasteiger charge is 2.37. The van der Waals surface area contributed by atoms with Gasteiger partial charge in [0.15, 0.2) is 9.84 Å². The van der Waals surface area contributed by atoms with E-state index in [1.54, 1.807) is 34.2 Å². The van der Waals surface area contributed by atoms with Crippen LogP contribution in [0.4, 0.5) is 16.3 Å². The molecule has 0 spiro atoms. The van der Waals surface area contributed by atoms with Gasteiger partial charge >= 0.3 is 6.03 Å². The van der Waals surface area contributed by atoms with E-state index in [-0.39, 0.29) is 11.3 Å². The number of nitrogens with zero attached hydrogens (tertiary/aromatic N) is 3. The maximum absolute atomic E-state index is 14.3. The van der Waals surface area contributed by atoms with Crippen molar-refractivity contribution in [1.29, 1.82) is 0 Å². The molecule has 2 amide bonds. The first-order valence-electron chi connectivity index (χ1n) is 15.7. The van der Waals surface area contributed by atoms with Gasteiger partial charge in [-0.05, 0) is 87.7 Å². The number of urea groups is 1. The van der Waals surface area contributed by atoms with Gasteiger partial charge in [-0.1, -0.05) is 50.6 Å². The number of rotatable bonds is 8. The van der Waals surface area contributed by atoms with E-state index in [2.05, 4.69) is 41.7 Å². The molecule has 0 bridgehead atoms. The van der Waals surface area contributed by atoms with Crippen LogP contribution in [0, 0.1) is 19.8 Å². The van der Waals surface area contributed by atoms with E-state index < -0.39 is 21.1 Å². The second-order valence-electron chi connectivity index (χ2n) is 13.0. The second-order valence-corrected chi connectivity index (χ2v) is 17.5. The molecule has 1 fully saturated rings. The Morgan fingerprint density at radius 1 is 0.979 bits per heavy atom. The topological polar surface area (TPSA) is 118 Å². The number of carbonyl (C=O) groups excluding carboxylic acids is 1. The largest absolute Gasteiger partial charge is 0.324 e. The number of amides is 2. The number of thiazole rings is 1. The number of piperidine rings is 1. The van der Waals surface area contributed by atoms with Crippen LogP contribution in [-0.2, 0) is 15.3 Å². The Hall–Kier alpha value is -3.84. The van der Waals surface area contributed by atoms with Gasteiger partial charge in [0, 0.05) is 22.5 Å². The summed E-state index contributed by atoms with van der Waals surface area (Å²) < 4.78 is 30.6. The molecular weight excluding hydrogens is 649 g/mol. The Morgan fingerprint density at radius 3 is 2.32 bits per heavy atom. The molecule has 1 atom stereocenters.